The van der Waals surface area contributed by atoms with Crippen LogP contribution in [0, 0.1) is 16.7 Å². The third kappa shape index (κ3) is 3.31. The Morgan fingerprint density at radius 2 is 2.05 bits per heavy atom. The van der Waals surface area contributed by atoms with Gasteiger partial charge in [0.05, 0.1) is 6.61 Å². The maximum Gasteiger partial charge on any atom is 0.329 e. The lowest BCUT2D eigenvalue weighted by atomic mass is 9.68. The monoisotopic (exact) mass is 298 g/mol. The normalized spacial score (nSPS) is 32.9. The number of hydrogen-bond donors (Lipinski definition) is 3. The van der Waals surface area contributed by atoms with E-state index >= 15 is 0 Å². The predicted molar refractivity (Wildman–Crippen MR) is 78.0 cm³/mol. The van der Waals surface area contributed by atoms with Gasteiger partial charge in [0.2, 0.25) is 0 Å². The van der Waals surface area contributed by atoms with Gasteiger partial charge in [0.1, 0.15) is 6.61 Å². The summed E-state index contributed by atoms with van der Waals surface area (Å²) in [5, 5.41) is 14.3. The van der Waals surface area contributed by atoms with Crippen LogP contribution in [-0.4, -0.2) is 42.9 Å². The molecule has 2 fully saturated rings. The molecule has 2 bridgehead atoms. The molecule has 0 saturated heterocycles. The van der Waals surface area contributed by atoms with Crippen LogP contribution in [-0.2, 0) is 9.53 Å². The van der Waals surface area contributed by atoms with Crippen LogP contribution < -0.4 is 10.6 Å². The van der Waals surface area contributed by atoms with E-state index in [1.165, 1.54) is 19.3 Å². The van der Waals surface area contributed by atoms with Crippen LogP contribution in [0.3, 0.4) is 0 Å². The second-order valence-electron chi connectivity index (χ2n) is 7.19. The average Bonchev–Trinajstić information content (AvgIpc) is 2.85. The summed E-state index contributed by atoms with van der Waals surface area (Å²) in [4.78, 5) is 22.3. The largest absolute Gasteiger partial charge is 0.480 e. The first-order valence-corrected chi connectivity index (χ1v) is 7.59. The van der Waals surface area contributed by atoms with Gasteiger partial charge in [0.25, 0.3) is 0 Å². The van der Waals surface area contributed by atoms with Gasteiger partial charge in [-0.1, -0.05) is 20.8 Å². The lowest BCUT2D eigenvalue weighted by Gasteiger charge is -2.43. The molecule has 0 spiro atoms. The molecule has 0 aromatic carbocycles. The maximum absolute atomic E-state index is 12.0. The van der Waals surface area contributed by atoms with Crippen LogP contribution in [0.2, 0.25) is 0 Å². The molecule has 2 aliphatic carbocycles. The molecule has 0 heterocycles. The number of carboxylic acids is 1. The molecule has 2 rings (SSSR count). The highest BCUT2D eigenvalue weighted by Gasteiger charge is 2.59. The van der Waals surface area contributed by atoms with Crippen molar-refractivity contribution < 1.29 is 19.4 Å². The van der Waals surface area contributed by atoms with Gasteiger partial charge < -0.3 is 20.5 Å². The zero-order valence-corrected chi connectivity index (χ0v) is 13.1. The fourth-order valence-electron chi connectivity index (χ4n) is 4.24. The Labute approximate surface area is 125 Å². The Morgan fingerprint density at radius 3 is 2.62 bits per heavy atom. The van der Waals surface area contributed by atoms with E-state index in [0.29, 0.717) is 12.5 Å². The second-order valence-corrected chi connectivity index (χ2v) is 7.19. The van der Waals surface area contributed by atoms with E-state index in [4.69, 9.17) is 9.84 Å². The van der Waals surface area contributed by atoms with Crippen LogP contribution in [0.25, 0.3) is 0 Å². The Kier molecular flexibility index (Phi) is 4.46. The topological polar surface area (TPSA) is 87.7 Å². The van der Waals surface area contributed by atoms with Crippen molar-refractivity contribution in [3.8, 4) is 0 Å². The zero-order chi connectivity index (χ0) is 15.7. The number of carboxylic acid groups (broad SMARTS) is 1. The number of aliphatic carboxylic acids is 1. The van der Waals surface area contributed by atoms with E-state index in [1.807, 2.05) is 0 Å². The molecule has 2 aliphatic rings. The predicted octanol–water partition coefficient (Wildman–Crippen LogP) is 1.60. The number of ether oxygens (including phenoxy) is 1. The molecule has 2 amide bonds. The van der Waals surface area contributed by atoms with Crippen molar-refractivity contribution in [2.24, 2.45) is 16.7 Å². The van der Waals surface area contributed by atoms with Crippen molar-refractivity contribution in [3.63, 3.8) is 0 Å². The minimum Gasteiger partial charge on any atom is -0.480 e. The number of amides is 2. The second kappa shape index (κ2) is 5.83. The van der Waals surface area contributed by atoms with Gasteiger partial charge >= 0.3 is 12.0 Å². The number of fused-ring (bicyclic) bond motifs is 2. The summed E-state index contributed by atoms with van der Waals surface area (Å²) in [6.45, 7) is 6.92. The molecule has 0 aromatic heterocycles. The molecule has 6 heteroatoms. The molecule has 0 aromatic rings. The van der Waals surface area contributed by atoms with E-state index in [-0.39, 0.29) is 36.1 Å². The minimum atomic E-state index is -1.00. The van der Waals surface area contributed by atoms with Crippen LogP contribution in [0.4, 0.5) is 4.79 Å². The van der Waals surface area contributed by atoms with Crippen molar-refractivity contribution in [2.45, 2.75) is 46.1 Å². The van der Waals surface area contributed by atoms with Crippen molar-refractivity contribution in [2.75, 3.05) is 19.8 Å². The van der Waals surface area contributed by atoms with E-state index in [2.05, 4.69) is 31.4 Å². The first kappa shape index (κ1) is 16.1. The lowest BCUT2D eigenvalue weighted by Crippen LogP contribution is -2.55. The molecular weight excluding hydrogens is 272 g/mol. The van der Waals surface area contributed by atoms with Crippen molar-refractivity contribution >= 4 is 12.0 Å². The summed E-state index contributed by atoms with van der Waals surface area (Å²) in [7, 11) is 0. The molecule has 3 N–H and O–H groups in total. The van der Waals surface area contributed by atoms with Gasteiger partial charge in [-0.25, -0.2) is 9.59 Å². The van der Waals surface area contributed by atoms with Gasteiger partial charge in [-0.3, -0.25) is 0 Å². The summed E-state index contributed by atoms with van der Waals surface area (Å²) in [6, 6.07) is -0.00976. The Morgan fingerprint density at radius 1 is 1.33 bits per heavy atom. The number of urea groups is 1. The number of hydrogen-bond acceptors (Lipinski definition) is 3. The average molecular weight is 298 g/mol. The van der Waals surface area contributed by atoms with E-state index in [9.17, 15) is 9.59 Å². The standard InChI is InChI=1S/C15H26N2O4/c1-14(2)10-4-5-15(3,8-10)12(14)17-13(20)16-6-7-21-9-11(18)19/h10,12H,4-9H2,1-3H3,(H,18,19)(H2,16,17,20). The fourth-order valence-corrected chi connectivity index (χ4v) is 4.24. The highest BCUT2D eigenvalue weighted by Crippen LogP contribution is 2.62. The molecule has 3 atom stereocenters. The Hall–Kier alpha value is -1.30. The van der Waals surface area contributed by atoms with E-state index in [0.717, 1.165) is 0 Å². The van der Waals surface area contributed by atoms with Crippen LogP contribution in [0.5, 0.6) is 0 Å². The summed E-state index contributed by atoms with van der Waals surface area (Å²) >= 11 is 0. The quantitative estimate of drug-likeness (QED) is 0.650. The molecule has 120 valence electrons. The summed E-state index contributed by atoms with van der Waals surface area (Å²) in [5.74, 6) is -0.317. The number of rotatable bonds is 6. The van der Waals surface area contributed by atoms with Gasteiger partial charge in [0, 0.05) is 12.6 Å². The van der Waals surface area contributed by atoms with Gasteiger partial charge in [-0.15, -0.1) is 0 Å². The first-order chi connectivity index (χ1) is 9.75. The number of carbonyl (C=O) groups is 2. The summed E-state index contributed by atoms with van der Waals surface area (Å²) in [6.07, 6.45) is 3.62. The third-order valence-electron chi connectivity index (χ3n) is 5.30. The minimum absolute atomic E-state index is 0.129. The van der Waals surface area contributed by atoms with Crippen LogP contribution in [0.15, 0.2) is 0 Å². The molecule has 3 unspecified atom stereocenters. The van der Waals surface area contributed by atoms with Crippen molar-refractivity contribution in [1.82, 2.24) is 10.6 Å². The summed E-state index contributed by atoms with van der Waals surface area (Å²) < 4.78 is 4.88. The highest BCUT2D eigenvalue weighted by molar-refractivity contribution is 5.74. The van der Waals surface area contributed by atoms with Crippen LogP contribution in [0.1, 0.15) is 40.0 Å². The molecular formula is C15H26N2O4. The van der Waals surface area contributed by atoms with Crippen molar-refractivity contribution in [1.29, 1.82) is 0 Å². The summed E-state index contributed by atoms with van der Waals surface area (Å²) in [5.41, 5.74) is 0.329. The first-order valence-electron chi connectivity index (χ1n) is 7.59. The molecule has 6 nitrogen and oxygen atoms in total. The van der Waals surface area contributed by atoms with Crippen molar-refractivity contribution in [3.05, 3.63) is 0 Å². The maximum atomic E-state index is 12.0. The Balaban J connectivity index is 1.76. The molecule has 0 radical (unpaired) electrons. The smallest absolute Gasteiger partial charge is 0.329 e. The third-order valence-corrected chi connectivity index (χ3v) is 5.30. The van der Waals surface area contributed by atoms with E-state index in [1.54, 1.807) is 0 Å². The van der Waals surface area contributed by atoms with Gasteiger partial charge in [-0.05, 0) is 36.0 Å². The van der Waals surface area contributed by atoms with Crippen LogP contribution >= 0.6 is 0 Å². The highest BCUT2D eigenvalue weighted by atomic mass is 16.5. The fraction of sp³-hybridized carbons (Fsp3) is 0.867. The number of nitrogens with one attached hydrogen (secondary N) is 2. The molecule has 21 heavy (non-hydrogen) atoms. The van der Waals surface area contributed by atoms with Gasteiger partial charge in [-0.2, -0.15) is 0 Å². The number of carbonyl (C=O) groups excluding carboxylic acids is 1. The molecule has 0 aliphatic heterocycles. The van der Waals surface area contributed by atoms with Gasteiger partial charge in [0.15, 0.2) is 0 Å². The molecule has 2 saturated carbocycles. The SMILES string of the molecule is CC12CCC(C1)C(C)(C)C2NC(=O)NCCOCC(=O)O. The Bertz CT molecular complexity index is 419. The lowest BCUT2D eigenvalue weighted by molar-refractivity contribution is -0.142. The van der Waals surface area contributed by atoms with E-state index < -0.39 is 5.97 Å². The zero-order valence-electron chi connectivity index (χ0n) is 13.1.